The number of benzene rings is 1. The zero-order valence-electron chi connectivity index (χ0n) is 9.12. The van der Waals surface area contributed by atoms with E-state index in [4.69, 9.17) is 0 Å². The number of carbonyl (C=O) groups is 1. The van der Waals surface area contributed by atoms with E-state index in [2.05, 4.69) is 0 Å². The summed E-state index contributed by atoms with van der Waals surface area (Å²) >= 11 is 0. The molecule has 1 aromatic carbocycles. The summed E-state index contributed by atoms with van der Waals surface area (Å²) in [6.07, 6.45) is 0.703. The summed E-state index contributed by atoms with van der Waals surface area (Å²) in [5, 5.41) is 10.7. The van der Waals surface area contributed by atoms with E-state index in [1.54, 1.807) is 6.07 Å². The molecule has 0 N–H and O–H groups in total. The van der Waals surface area contributed by atoms with Crippen LogP contribution >= 0.6 is 0 Å². The number of hydrogen-bond acceptors (Lipinski definition) is 5. The number of carbonyl (C=O) groups excluding carboxylic acids is 1. The molecule has 0 amide bonds. The Balaban J connectivity index is 2.89. The van der Waals surface area contributed by atoms with Gasteiger partial charge in [0.1, 0.15) is 5.75 Å². The lowest BCUT2D eigenvalue weighted by molar-refractivity contribution is -0.385. The van der Waals surface area contributed by atoms with Crippen LogP contribution in [-0.2, 0) is 21.1 Å². The normalized spacial score (nSPS) is 11.1. The SMILES string of the molecule is CS(=O)(=O)CC(=O)Cc1ccccc1[N+](=O)[O-]. The number of rotatable bonds is 5. The van der Waals surface area contributed by atoms with Crippen molar-refractivity contribution in [2.45, 2.75) is 6.42 Å². The minimum Gasteiger partial charge on any atom is -0.298 e. The Labute approximate surface area is 98.3 Å². The van der Waals surface area contributed by atoms with Crippen molar-refractivity contribution >= 4 is 21.3 Å². The van der Waals surface area contributed by atoms with E-state index < -0.39 is 26.3 Å². The number of hydrogen-bond donors (Lipinski definition) is 0. The topological polar surface area (TPSA) is 94.3 Å². The largest absolute Gasteiger partial charge is 0.298 e. The lowest BCUT2D eigenvalue weighted by Gasteiger charge is -2.01. The minimum absolute atomic E-state index is 0.172. The van der Waals surface area contributed by atoms with Gasteiger partial charge >= 0.3 is 0 Å². The molecule has 0 saturated carbocycles. The fourth-order valence-electron chi connectivity index (χ4n) is 1.39. The van der Waals surface area contributed by atoms with Crippen molar-refractivity contribution in [1.29, 1.82) is 0 Å². The molecule has 17 heavy (non-hydrogen) atoms. The first kappa shape index (κ1) is 13.3. The highest BCUT2D eigenvalue weighted by Gasteiger charge is 2.17. The highest BCUT2D eigenvalue weighted by molar-refractivity contribution is 7.91. The highest BCUT2D eigenvalue weighted by Crippen LogP contribution is 2.18. The van der Waals surface area contributed by atoms with Crippen LogP contribution in [0.1, 0.15) is 5.56 Å². The number of para-hydroxylation sites is 1. The average Bonchev–Trinajstić information content (AvgIpc) is 2.14. The van der Waals surface area contributed by atoms with Crippen LogP contribution in [0.5, 0.6) is 0 Å². The maximum atomic E-state index is 11.4. The molecule has 0 heterocycles. The number of nitro benzene ring substituents is 1. The Hall–Kier alpha value is -1.76. The molecular weight excluding hydrogens is 246 g/mol. The van der Waals surface area contributed by atoms with Gasteiger partial charge in [-0.1, -0.05) is 18.2 Å². The van der Waals surface area contributed by atoms with E-state index in [9.17, 15) is 23.3 Å². The van der Waals surface area contributed by atoms with E-state index in [1.807, 2.05) is 0 Å². The van der Waals surface area contributed by atoms with Crippen LogP contribution in [0.4, 0.5) is 5.69 Å². The standard InChI is InChI=1S/C10H11NO5S/c1-17(15,16)7-9(12)6-8-4-2-3-5-10(8)11(13)14/h2-5H,6-7H2,1H3. The predicted molar refractivity (Wildman–Crippen MR) is 61.5 cm³/mol. The second-order valence-corrected chi connectivity index (χ2v) is 5.81. The van der Waals surface area contributed by atoms with Crippen LogP contribution in [0, 0.1) is 10.1 Å². The van der Waals surface area contributed by atoms with Crippen LogP contribution in [0.3, 0.4) is 0 Å². The average molecular weight is 257 g/mol. The molecule has 0 aliphatic rings. The maximum absolute atomic E-state index is 11.4. The van der Waals surface area contributed by atoms with Gasteiger partial charge in [-0.2, -0.15) is 0 Å². The molecule has 0 bridgehead atoms. The van der Waals surface area contributed by atoms with Crippen LogP contribution in [0.2, 0.25) is 0 Å². The highest BCUT2D eigenvalue weighted by atomic mass is 32.2. The van der Waals surface area contributed by atoms with Gasteiger partial charge in [0.25, 0.3) is 5.69 Å². The quantitative estimate of drug-likeness (QED) is 0.573. The molecule has 0 atom stereocenters. The Morgan fingerprint density at radius 3 is 2.47 bits per heavy atom. The molecular formula is C10H11NO5S. The van der Waals surface area contributed by atoms with Gasteiger partial charge in [-0.05, 0) is 0 Å². The summed E-state index contributed by atoms with van der Waals surface area (Å²) in [5.74, 6) is -1.15. The molecule has 0 saturated heterocycles. The van der Waals surface area contributed by atoms with Gasteiger partial charge in [-0.3, -0.25) is 14.9 Å². The Bertz CT molecular complexity index is 550. The third-order valence-corrected chi connectivity index (χ3v) is 2.85. The molecule has 0 aliphatic heterocycles. The summed E-state index contributed by atoms with van der Waals surface area (Å²) in [6, 6.07) is 5.78. The Kier molecular flexibility index (Phi) is 3.95. The third-order valence-electron chi connectivity index (χ3n) is 2.00. The molecule has 1 rings (SSSR count). The van der Waals surface area contributed by atoms with E-state index >= 15 is 0 Å². The molecule has 0 spiro atoms. The van der Waals surface area contributed by atoms with Gasteiger partial charge in [0.15, 0.2) is 15.6 Å². The smallest absolute Gasteiger partial charge is 0.273 e. The molecule has 0 aliphatic carbocycles. The summed E-state index contributed by atoms with van der Waals surface area (Å²) in [6.45, 7) is 0. The van der Waals surface area contributed by atoms with Gasteiger partial charge in [-0.15, -0.1) is 0 Å². The van der Waals surface area contributed by atoms with Crippen LogP contribution in [0.25, 0.3) is 0 Å². The van der Waals surface area contributed by atoms with Crippen molar-refractivity contribution in [3.05, 3.63) is 39.9 Å². The zero-order valence-corrected chi connectivity index (χ0v) is 9.94. The molecule has 0 aromatic heterocycles. The van der Waals surface area contributed by atoms with Crippen molar-refractivity contribution in [3.8, 4) is 0 Å². The van der Waals surface area contributed by atoms with Crippen molar-refractivity contribution in [1.82, 2.24) is 0 Å². The summed E-state index contributed by atoms with van der Waals surface area (Å²) < 4.78 is 21.8. The molecule has 1 aromatic rings. The van der Waals surface area contributed by atoms with Crippen LogP contribution in [-0.4, -0.2) is 31.1 Å². The maximum Gasteiger partial charge on any atom is 0.273 e. The Morgan fingerprint density at radius 1 is 1.35 bits per heavy atom. The van der Waals surface area contributed by atoms with Gasteiger partial charge in [0.05, 0.1) is 4.92 Å². The predicted octanol–water partition coefficient (Wildman–Crippen LogP) is 0.751. The number of Topliss-reactive ketones (excluding diaryl/α,β-unsaturated/α-hetero) is 1. The third kappa shape index (κ3) is 4.31. The van der Waals surface area contributed by atoms with Crippen molar-refractivity contribution < 1.29 is 18.1 Å². The van der Waals surface area contributed by atoms with Gasteiger partial charge in [-0.25, -0.2) is 8.42 Å². The number of ketones is 1. The summed E-state index contributed by atoms with van der Waals surface area (Å²) in [4.78, 5) is 21.5. The van der Waals surface area contributed by atoms with Crippen molar-refractivity contribution in [3.63, 3.8) is 0 Å². The first-order valence-corrected chi connectivity index (χ1v) is 6.77. The molecule has 0 unspecified atom stereocenters. The molecule has 0 radical (unpaired) electrons. The van der Waals surface area contributed by atoms with Crippen molar-refractivity contribution in [2.75, 3.05) is 12.0 Å². The minimum atomic E-state index is -3.40. The monoisotopic (exact) mass is 257 g/mol. The van der Waals surface area contributed by atoms with Gasteiger partial charge in [0.2, 0.25) is 0 Å². The van der Waals surface area contributed by atoms with Crippen LogP contribution in [0.15, 0.2) is 24.3 Å². The number of sulfone groups is 1. The molecule has 6 nitrogen and oxygen atoms in total. The van der Waals surface area contributed by atoms with E-state index in [0.717, 1.165) is 6.26 Å². The fourth-order valence-corrected chi connectivity index (χ4v) is 2.08. The number of nitro groups is 1. The fraction of sp³-hybridized carbons (Fsp3) is 0.300. The first-order chi connectivity index (χ1) is 7.79. The molecule has 7 heteroatoms. The van der Waals surface area contributed by atoms with E-state index in [0.29, 0.717) is 0 Å². The first-order valence-electron chi connectivity index (χ1n) is 4.71. The summed E-state index contributed by atoms with van der Waals surface area (Å²) in [5.41, 5.74) is 0.0560. The summed E-state index contributed by atoms with van der Waals surface area (Å²) in [7, 11) is -3.40. The number of nitrogens with zero attached hydrogens (tertiary/aromatic N) is 1. The Morgan fingerprint density at radius 2 is 1.94 bits per heavy atom. The zero-order chi connectivity index (χ0) is 13.1. The van der Waals surface area contributed by atoms with Gasteiger partial charge in [0, 0.05) is 24.3 Å². The lowest BCUT2D eigenvalue weighted by atomic mass is 10.1. The second-order valence-electron chi connectivity index (χ2n) is 3.67. The van der Waals surface area contributed by atoms with E-state index in [1.165, 1.54) is 18.2 Å². The second kappa shape index (κ2) is 5.05. The molecule has 92 valence electrons. The lowest BCUT2D eigenvalue weighted by Crippen LogP contribution is -2.16. The van der Waals surface area contributed by atoms with Crippen LogP contribution < -0.4 is 0 Å². The van der Waals surface area contributed by atoms with E-state index in [-0.39, 0.29) is 17.7 Å². The van der Waals surface area contributed by atoms with Crippen molar-refractivity contribution in [2.24, 2.45) is 0 Å². The van der Waals surface area contributed by atoms with Gasteiger partial charge < -0.3 is 0 Å². The molecule has 0 fully saturated rings.